The normalized spacial score (nSPS) is 25.3. The molecule has 1 fully saturated rings. The molecule has 1 aliphatic carbocycles. The van der Waals surface area contributed by atoms with E-state index < -0.39 is 0 Å². The third kappa shape index (κ3) is 3.95. The van der Waals surface area contributed by atoms with Crippen LogP contribution in [0.15, 0.2) is 40.3 Å². The van der Waals surface area contributed by atoms with Gasteiger partial charge in [0.2, 0.25) is 5.96 Å². The third-order valence-corrected chi connectivity index (χ3v) is 8.58. The molecular weight excluding hydrogens is 486 g/mol. The first-order valence-electron chi connectivity index (χ1n) is 13.4. The summed E-state index contributed by atoms with van der Waals surface area (Å²) in [6, 6.07) is 1.71. The molecule has 0 radical (unpaired) electrons. The van der Waals surface area contributed by atoms with Crippen LogP contribution in [0.1, 0.15) is 54.7 Å². The molecule has 38 heavy (non-hydrogen) atoms. The molecule has 0 saturated carbocycles. The van der Waals surface area contributed by atoms with E-state index in [-0.39, 0.29) is 29.9 Å². The summed E-state index contributed by atoms with van der Waals surface area (Å²) in [5.41, 5.74) is 3.65. The Hall–Kier alpha value is -3.44. The highest BCUT2D eigenvalue weighted by atomic mass is 16.5. The number of hydrazine groups is 1. The molecule has 200 valence electrons. The average Bonchev–Trinajstić information content (AvgIpc) is 3.29. The number of aldehydes is 1. The summed E-state index contributed by atoms with van der Waals surface area (Å²) in [5, 5.41) is 3.56. The number of guanidine groups is 1. The zero-order chi connectivity index (χ0) is 26.4. The van der Waals surface area contributed by atoms with E-state index in [2.05, 4.69) is 9.97 Å². The van der Waals surface area contributed by atoms with Crippen LogP contribution >= 0.6 is 0 Å². The number of hydrogen-bond donors (Lipinski definition) is 0. The number of carbonyl (C=O) groups excluding carboxylic acids is 3. The predicted octanol–water partition coefficient (Wildman–Crippen LogP) is 1.68. The van der Waals surface area contributed by atoms with Crippen LogP contribution in [0.3, 0.4) is 0 Å². The molecule has 1 aromatic rings. The lowest BCUT2D eigenvalue weighted by molar-refractivity contribution is -0.137. The van der Waals surface area contributed by atoms with Crippen LogP contribution in [0.2, 0.25) is 0 Å². The molecule has 5 aliphatic rings. The van der Waals surface area contributed by atoms with Crippen molar-refractivity contribution in [1.82, 2.24) is 29.8 Å². The maximum atomic E-state index is 14.3. The number of allylic oxidation sites excluding steroid dienone is 1. The van der Waals surface area contributed by atoms with Crippen molar-refractivity contribution in [2.45, 2.75) is 51.6 Å². The Bertz CT molecular complexity index is 1260. The molecule has 11 nitrogen and oxygen atoms in total. The number of rotatable bonds is 4. The van der Waals surface area contributed by atoms with Crippen LogP contribution in [-0.4, -0.2) is 99.9 Å². The monoisotopic (exact) mass is 519 g/mol. The number of aromatic nitrogens is 2. The summed E-state index contributed by atoms with van der Waals surface area (Å²) in [6.07, 6.45) is 8.75. The van der Waals surface area contributed by atoms with Crippen molar-refractivity contribution in [2.75, 3.05) is 39.9 Å². The van der Waals surface area contributed by atoms with Gasteiger partial charge in [-0.2, -0.15) is 5.01 Å². The molecule has 5 heterocycles. The highest BCUT2D eigenvalue weighted by Gasteiger charge is 2.53. The Balaban J connectivity index is 1.30. The maximum Gasteiger partial charge on any atom is 0.273 e. The number of likely N-dealkylation sites (N-methyl/N-ethyl adjacent to an activating group) is 1. The van der Waals surface area contributed by atoms with Gasteiger partial charge in [-0.3, -0.25) is 9.59 Å². The van der Waals surface area contributed by atoms with Crippen molar-refractivity contribution in [1.29, 1.82) is 0 Å². The fraction of sp³-hybridized carbons (Fsp3) is 0.556. The molecule has 6 rings (SSSR count). The fourth-order valence-corrected chi connectivity index (χ4v) is 6.65. The second-order valence-corrected chi connectivity index (χ2v) is 10.7. The maximum absolute atomic E-state index is 14.3. The minimum absolute atomic E-state index is 0.0514. The topological polar surface area (TPSA) is 112 Å². The Labute approximate surface area is 221 Å². The molecule has 1 aromatic heterocycles. The van der Waals surface area contributed by atoms with Crippen molar-refractivity contribution in [3.05, 3.63) is 46.7 Å². The molecule has 1 saturated heterocycles. The van der Waals surface area contributed by atoms with E-state index >= 15 is 0 Å². The Kier molecular flexibility index (Phi) is 6.35. The Morgan fingerprint density at radius 1 is 1.21 bits per heavy atom. The number of fused-ring (bicyclic) bond motifs is 2. The summed E-state index contributed by atoms with van der Waals surface area (Å²) >= 11 is 0. The number of hydrogen-bond acceptors (Lipinski definition) is 9. The predicted molar refractivity (Wildman–Crippen MR) is 137 cm³/mol. The minimum Gasteiger partial charge on any atom is -0.377 e. The third-order valence-electron chi connectivity index (χ3n) is 8.58. The number of piperidine rings is 1. The van der Waals surface area contributed by atoms with Crippen LogP contribution in [0.5, 0.6) is 0 Å². The van der Waals surface area contributed by atoms with Gasteiger partial charge in [-0.1, -0.05) is 6.08 Å². The van der Waals surface area contributed by atoms with E-state index in [0.717, 1.165) is 54.5 Å². The number of likely N-dealkylation sites (tertiary alicyclic amines) is 1. The molecule has 2 amide bonds. The summed E-state index contributed by atoms with van der Waals surface area (Å²) < 4.78 is 5.48. The summed E-state index contributed by atoms with van der Waals surface area (Å²) in [4.78, 5) is 56.2. The average molecular weight is 520 g/mol. The summed E-state index contributed by atoms with van der Waals surface area (Å²) in [7, 11) is 1.89. The highest BCUT2D eigenvalue weighted by Crippen LogP contribution is 2.52. The number of aryl methyl sites for hydroxylation is 1. The molecule has 1 spiro atoms. The molecule has 11 heteroatoms. The van der Waals surface area contributed by atoms with Crippen LogP contribution in [0.25, 0.3) is 0 Å². The van der Waals surface area contributed by atoms with Crippen molar-refractivity contribution in [2.24, 2.45) is 10.4 Å². The number of carbonyl (C=O) groups is 3. The smallest absolute Gasteiger partial charge is 0.273 e. The lowest BCUT2D eigenvalue weighted by Crippen LogP contribution is -2.59. The SMILES string of the molecule is Cc1cc(C(=O)N2CCC3(CCCC4=C3C(=O)N3C(=NC(C5=CCOCC5)N3C)N4CC=O)CC2)ncn1. The van der Waals surface area contributed by atoms with Gasteiger partial charge >= 0.3 is 0 Å². The van der Waals surface area contributed by atoms with Crippen molar-refractivity contribution in [3.63, 3.8) is 0 Å². The fourth-order valence-electron chi connectivity index (χ4n) is 6.65. The van der Waals surface area contributed by atoms with Crippen molar-refractivity contribution in [3.8, 4) is 0 Å². The molecule has 0 N–H and O–H groups in total. The van der Waals surface area contributed by atoms with E-state index in [1.807, 2.05) is 34.9 Å². The number of nitrogens with zero attached hydrogens (tertiary/aromatic N) is 7. The van der Waals surface area contributed by atoms with Gasteiger partial charge in [0.1, 0.15) is 24.5 Å². The van der Waals surface area contributed by atoms with E-state index in [1.165, 1.54) is 6.33 Å². The molecule has 0 bridgehead atoms. The van der Waals surface area contributed by atoms with Gasteiger partial charge in [0, 0.05) is 42.5 Å². The van der Waals surface area contributed by atoms with E-state index in [1.54, 1.807) is 11.1 Å². The van der Waals surface area contributed by atoms with Crippen LogP contribution in [-0.2, 0) is 14.3 Å². The standard InChI is InChI=1S/C27H33N7O4/c1-18-16-20(29-17-28-18)24(36)32-10-8-27(9-11-32)7-3-4-21-22(27)25(37)34-26(33(21)12-13-35)30-23(31(34)2)19-5-14-38-15-6-19/h5,13,16-17,23H,3-4,6-12,14-15H2,1-2H3. The van der Waals surface area contributed by atoms with Crippen molar-refractivity contribution < 1.29 is 19.1 Å². The lowest BCUT2D eigenvalue weighted by Gasteiger charge is -2.50. The van der Waals surface area contributed by atoms with Gasteiger partial charge in [-0.25, -0.2) is 20.0 Å². The Morgan fingerprint density at radius 3 is 2.74 bits per heavy atom. The van der Waals surface area contributed by atoms with Crippen molar-refractivity contribution >= 4 is 24.1 Å². The number of ether oxygens (including phenoxy) is 1. The van der Waals surface area contributed by atoms with Crippen LogP contribution in [0, 0.1) is 12.3 Å². The summed E-state index contributed by atoms with van der Waals surface area (Å²) in [5.74, 6) is 0.378. The Morgan fingerprint density at radius 2 is 2.03 bits per heavy atom. The van der Waals surface area contributed by atoms with Crippen LogP contribution in [0.4, 0.5) is 0 Å². The highest BCUT2D eigenvalue weighted by molar-refractivity contribution is 6.10. The number of amides is 2. The molecule has 1 atom stereocenters. The quantitative estimate of drug-likeness (QED) is 0.436. The first-order valence-corrected chi connectivity index (χ1v) is 13.4. The lowest BCUT2D eigenvalue weighted by atomic mass is 9.64. The largest absolute Gasteiger partial charge is 0.377 e. The molecular formula is C27H33N7O4. The first kappa shape index (κ1) is 24.9. The molecule has 4 aliphatic heterocycles. The number of aliphatic imine (C=N–C) groups is 1. The second-order valence-electron chi connectivity index (χ2n) is 10.7. The zero-order valence-corrected chi connectivity index (χ0v) is 21.9. The second kappa shape index (κ2) is 9.70. The van der Waals surface area contributed by atoms with Gasteiger partial charge in [-0.05, 0) is 57.1 Å². The summed E-state index contributed by atoms with van der Waals surface area (Å²) in [6.45, 7) is 4.26. The molecule has 0 aromatic carbocycles. The first-order chi connectivity index (χ1) is 18.4. The zero-order valence-electron chi connectivity index (χ0n) is 21.9. The van der Waals surface area contributed by atoms with E-state index in [9.17, 15) is 14.4 Å². The van der Waals surface area contributed by atoms with Gasteiger partial charge in [0.15, 0.2) is 0 Å². The van der Waals surface area contributed by atoms with Gasteiger partial charge < -0.3 is 19.3 Å². The minimum atomic E-state index is -0.341. The van der Waals surface area contributed by atoms with E-state index in [4.69, 9.17) is 9.73 Å². The molecule has 1 unspecified atom stereocenters. The van der Waals surface area contributed by atoms with E-state index in [0.29, 0.717) is 50.8 Å². The van der Waals surface area contributed by atoms with Crippen LogP contribution < -0.4 is 0 Å². The van der Waals surface area contributed by atoms with Gasteiger partial charge in [0.05, 0.1) is 19.8 Å². The van der Waals surface area contributed by atoms with Gasteiger partial charge in [0.25, 0.3) is 11.8 Å². The van der Waals surface area contributed by atoms with Gasteiger partial charge in [-0.15, -0.1) is 0 Å².